The molecule has 0 aliphatic carbocycles. The number of hydrogen-bond acceptors (Lipinski definition) is 5. The highest BCUT2D eigenvalue weighted by molar-refractivity contribution is 7.98. The zero-order chi connectivity index (χ0) is 21.0. The van der Waals surface area contributed by atoms with E-state index in [1.54, 1.807) is 46.8 Å². The van der Waals surface area contributed by atoms with Gasteiger partial charge in [-0.25, -0.2) is 9.37 Å². The number of benzene rings is 1. The van der Waals surface area contributed by atoms with Crippen molar-refractivity contribution in [3.63, 3.8) is 0 Å². The third-order valence-electron chi connectivity index (χ3n) is 4.95. The van der Waals surface area contributed by atoms with Gasteiger partial charge in [0.25, 0.3) is 5.91 Å². The second-order valence-electron chi connectivity index (χ2n) is 7.15. The van der Waals surface area contributed by atoms with E-state index < -0.39 is 0 Å². The summed E-state index contributed by atoms with van der Waals surface area (Å²) >= 11 is 1.43. The van der Waals surface area contributed by atoms with Crippen LogP contribution in [0.25, 0.3) is 5.69 Å². The molecule has 9 heteroatoms. The van der Waals surface area contributed by atoms with Crippen LogP contribution in [0.4, 0.5) is 4.39 Å². The van der Waals surface area contributed by atoms with E-state index in [4.69, 9.17) is 0 Å². The Bertz CT molecular complexity index is 868. The Balaban J connectivity index is 1.78. The van der Waals surface area contributed by atoms with E-state index in [1.165, 1.54) is 23.9 Å². The molecule has 0 N–H and O–H groups in total. The van der Waals surface area contributed by atoms with Gasteiger partial charge >= 0.3 is 0 Å². The van der Waals surface area contributed by atoms with Crippen LogP contribution >= 0.6 is 11.8 Å². The minimum absolute atomic E-state index is 0.0591. The van der Waals surface area contributed by atoms with Crippen LogP contribution in [0, 0.1) is 5.82 Å². The zero-order valence-electron chi connectivity index (χ0n) is 17.0. The van der Waals surface area contributed by atoms with Gasteiger partial charge in [0.15, 0.2) is 5.16 Å². The third-order valence-corrected chi connectivity index (χ3v) is 5.60. The summed E-state index contributed by atoms with van der Waals surface area (Å²) in [7, 11) is 3.49. The van der Waals surface area contributed by atoms with E-state index in [0.29, 0.717) is 42.7 Å². The van der Waals surface area contributed by atoms with Gasteiger partial charge in [-0.1, -0.05) is 11.8 Å². The molecule has 1 saturated heterocycles. The van der Waals surface area contributed by atoms with Crippen LogP contribution in [0.1, 0.15) is 16.9 Å². The summed E-state index contributed by atoms with van der Waals surface area (Å²) in [5.41, 5.74) is 1.16. The van der Waals surface area contributed by atoms with E-state index in [1.807, 2.05) is 6.26 Å². The van der Waals surface area contributed by atoms with Gasteiger partial charge in [0.2, 0.25) is 5.91 Å². The van der Waals surface area contributed by atoms with E-state index in [2.05, 4.69) is 9.88 Å². The molecule has 2 amide bonds. The number of thioether (sulfide) groups is 1. The van der Waals surface area contributed by atoms with Gasteiger partial charge in [-0.3, -0.25) is 19.1 Å². The number of likely N-dealkylation sites (N-methyl/N-ethyl adjacent to an activating group) is 1. The molecule has 7 nitrogen and oxygen atoms in total. The lowest BCUT2D eigenvalue weighted by atomic mass is 10.3. The Kier molecular flexibility index (Phi) is 6.92. The van der Waals surface area contributed by atoms with E-state index in [0.717, 1.165) is 13.0 Å². The number of aromatic nitrogens is 2. The SMILES string of the molecule is CSc1ncc(C(=O)N2CCCN(CC(=O)N(C)C)CC2)n1-c1ccc(F)cc1. The summed E-state index contributed by atoms with van der Waals surface area (Å²) in [6.45, 7) is 2.94. The smallest absolute Gasteiger partial charge is 0.272 e. The average molecular weight is 420 g/mol. The predicted molar refractivity (Wildman–Crippen MR) is 111 cm³/mol. The van der Waals surface area contributed by atoms with E-state index >= 15 is 0 Å². The molecular weight excluding hydrogens is 393 g/mol. The average Bonchev–Trinajstić information content (AvgIpc) is 3.00. The highest BCUT2D eigenvalue weighted by Crippen LogP contribution is 2.23. The first-order chi connectivity index (χ1) is 13.9. The largest absolute Gasteiger partial charge is 0.348 e. The fourth-order valence-electron chi connectivity index (χ4n) is 3.30. The Morgan fingerprint density at radius 3 is 2.52 bits per heavy atom. The van der Waals surface area contributed by atoms with E-state index in [9.17, 15) is 14.0 Å². The molecule has 0 bridgehead atoms. The molecule has 0 spiro atoms. The van der Waals surface area contributed by atoms with Crippen LogP contribution in [0.3, 0.4) is 0 Å². The zero-order valence-corrected chi connectivity index (χ0v) is 17.8. The Morgan fingerprint density at radius 1 is 1.14 bits per heavy atom. The van der Waals surface area contributed by atoms with Gasteiger partial charge in [0.05, 0.1) is 12.7 Å². The lowest BCUT2D eigenvalue weighted by Crippen LogP contribution is -2.40. The molecule has 1 aliphatic rings. The van der Waals surface area contributed by atoms with Crippen molar-refractivity contribution in [2.24, 2.45) is 0 Å². The first-order valence-electron chi connectivity index (χ1n) is 9.50. The second-order valence-corrected chi connectivity index (χ2v) is 7.93. The first kappa shape index (κ1) is 21.3. The molecule has 1 fully saturated rings. The Morgan fingerprint density at radius 2 is 1.86 bits per heavy atom. The maximum absolute atomic E-state index is 13.3. The predicted octanol–water partition coefficient (Wildman–Crippen LogP) is 1.97. The third kappa shape index (κ3) is 4.97. The van der Waals surface area contributed by atoms with Crippen molar-refractivity contribution in [3.8, 4) is 5.69 Å². The number of imidazole rings is 1. The number of carbonyl (C=O) groups excluding carboxylic acids is 2. The van der Waals surface area contributed by atoms with Crippen LogP contribution in [0.2, 0.25) is 0 Å². The highest BCUT2D eigenvalue weighted by Gasteiger charge is 2.25. The van der Waals surface area contributed by atoms with Gasteiger partial charge in [0, 0.05) is 46.0 Å². The van der Waals surface area contributed by atoms with Crippen molar-refractivity contribution in [2.75, 3.05) is 53.1 Å². The van der Waals surface area contributed by atoms with Crippen molar-refractivity contribution >= 4 is 23.6 Å². The molecule has 0 radical (unpaired) electrons. The summed E-state index contributed by atoms with van der Waals surface area (Å²) in [4.78, 5) is 35.1. The number of halogens is 1. The van der Waals surface area contributed by atoms with Crippen molar-refractivity contribution < 1.29 is 14.0 Å². The molecule has 0 unspecified atom stereocenters. The van der Waals surface area contributed by atoms with Crippen LogP contribution in [0.5, 0.6) is 0 Å². The number of rotatable bonds is 5. The molecule has 1 aromatic carbocycles. The lowest BCUT2D eigenvalue weighted by Gasteiger charge is -2.23. The van der Waals surface area contributed by atoms with Crippen LogP contribution < -0.4 is 0 Å². The minimum atomic E-state index is -0.327. The highest BCUT2D eigenvalue weighted by atomic mass is 32.2. The quantitative estimate of drug-likeness (QED) is 0.694. The van der Waals surface area contributed by atoms with Crippen LogP contribution in [-0.4, -0.2) is 89.1 Å². The molecule has 1 aliphatic heterocycles. The first-order valence-corrected chi connectivity index (χ1v) is 10.7. The molecule has 29 heavy (non-hydrogen) atoms. The van der Waals surface area contributed by atoms with Crippen LogP contribution in [0.15, 0.2) is 35.6 Å². The molecular formula is C20H26FN5O2S. The fourth-order valence-corrected chi connectivity index (χ4v) is 3.84. The summed E-state index contributed by atoms with van der Waals surface area (Å²) in [6.07, 6.45) is 4.27. The summed E-state index contributed by atoms with van der Waals surface area (Å²) in [6, 6.07) is 6.04. The molecule has 0 atom stereocenters. The van der Waals surface area contributed by atoms with E-state index in [-0.39, 0.29) is 17.6 Å². The maximum Gasteiger partial charge on any atom is 0.272 e. The molecule has 2 aromatic rings. The Labute approximate surface area is 174 Å². The second kappa shape index (κ2) is 9.41. The Hall–Kier alpha value is -2.39. The fraction of sp³-hybridized carbons (Fsp3) is 0.450. The van der Waals surface area contributed by atoms with Gasteiger partial charge in [0.1, 0.15) is 11.5 Å². The molecule has 3 rings (SSSR count). The molecule has 156 valence electrons. The van der Waals surface area contributed by atoms with Gasteiger partial charge in [-0.05, 0) is 36.9 Å². The van der Waals surface area contributed by atoms with Crippen molar-refractivity contribution in [3.05, 3.63) is 42.0 Å². The molecule has 0 saturated carbocycles. The number of hydrogen-bond donors (Lipinski definition) is 0. The van der Waals surface area contributed by atoms with Crippen molar-refractivity contribution in [2.45, 2.75) is 11.6 Å². The van der Waals surface area contributed by atoms with Crippen molar-refractivity contribution in [1.82, 2.24) is 24.3 Å². The number of nitrogens with zero attached hydrogens (tertiary/aromatic N) is 5. The topological polar surface area (TPSA) is 61.7 Å². The van der Waals surface area contributed by atoms with Crippen LogP contribution in [-0.2, 0) is 4.79 Å². The van der Waals surface area contributed by atoms with Gasteiger partial charge in [-0.2, -0.15) is 0 Å². The summed E-state index contributed by atoms with van der Waals surface area (Å²) in [5.74, 6) is -0.376. The van der Waals surface area contributed by atoms with Gasteiger partial charge < -0.3 is 9.80 Å². The molecule has 1 aromatic heterocycles. The lowest BCUT2D eigenvalue weighted by molar-refractivity contribution is -0.129. The number of amides is 2. The normalized spacial score (nSPS) is 15.2. The maximum atomic E-state index is 13.3. The van der Waals surface area contributed by atoms with Crippen molar-refractivity contribution in [1.29, 1.82) is 0 Å². The monoisotopic (exact) mass is 419 g/mol. The van der Waals surface area contributed by atoms with Gasteiger partial charge in [-0.15, -0.1) is 0 Å². The molecule has 2 heterocycles. The summed E-state index contributed by atoms with van der Waals surface area (Å²) < 4.78 is 15.1. The summed E-state index contributed by atoms with van der Waals surface area (Å²) in [5, 5.41) is 0.674. The minimum Gasteiger partial charge on any atom is -0.348 e. The standard InChI is InChI=1S/C20H26FN5O2S/c1-23(2)18(27)14-24-9-4-10-25(12-11-24)19(28)17-13-22-20(29-3)26(17)16-7-5-15(21)6-8-16/h5-8,13H,4,9-12,14H2,1-3H3. The number of carbonyl (C=O) groups is 2.